The van der Waals surface area contributed by atoms with Crippen molar-refractivity contribution in [1.82, 2.24) is 10.2 Å². The Bertz CT molecular complexity index is 321. The van der Waals surface area contributed by atoms with E-state index in [-0.39, 0.29) is 17.7 Å². The van der Waals surface area contributed by atoms with E-state index in [0.717, 1.165) is 25.3 Å². The van der Waals surface area contributed by atoms with Gasteiger partial charge in [0.1, 0.15) is 0 Å². The van der Waals surface area contributed by atoms with Crippen molar-refractivity contribution in [3.8, 4) is 0 Å². The molecular weight excluding hydrogens is 204 g/mol. The Morgan fingerprint density at radius 2 is 2.06 bits per heavy atom. The molecule has 0 aromatic heterocycles. The van der Waals surface area contributed by atoms with E-state index in [4.69, 9.17) is 0 Å². The van der Waals surface area contributed by atoms with E-state index in [2.05, 4.69) is 10.2 Å². The highest BCUT2D eigenvalue weighted by molar-refractivity contribution is 5.89. The lowest BCUT2D eigenvalue weighted by molar-refractivity contribution is -0.136. The van der Waals surface area contributed by atoms with Crippen molar-refractivity contribution >= 4 is 11.8 Å². The van der Waals surface area contributed by atoms with Gasteiger partial charge in [0, 0.05) is 25.6 Å². The minimum atomic E-state index is -0.0909. The molecule has 4 nitrogen and oxygen atoms in total. The Morgan fingerprint density at radius 1 is 1.31 bits per heavy atom. The number of nitrogens with one attached hydrogen (secondary N) is 1. The van der Waals surface area contributed by atoms with Crippen LogP contribution in [0.25, 0.3) is 0 Å². The van der Waals surface area contributed by atoms with Gasteiger partial charge in [0.05, 0.1) is 5.92 Å². The molecule has 2 saturated carbocycles. The standard InChI is InChI=1S/C12H18N2O2/c15-11-5-9(6-13-11)12(16)14(10-3-4-10)7-8-1-2-8/h8-10H,1-7H2,(H,13,15). The van der Waals surface area contributed by atoms with Crippen molar-refractivity contribution in [3.63, 3.8) is 0 Å². The molecule has 3 aliphatic rings. The first-order chi connectivity index (χ1) is 7.74. The summed E-state index contributed by atoms with van der Waals surface area (Å²) in [6.07, 6.45) is 5.27. The first-order valence-electron chi connectivity index (χ1n) is 6.31. The van der Waals surface area contributed by atoms with Crippen LogP contribution in [0.4, 0.5) is 0 Å². The summed E-state index contributed by atoms with van der Waals surface area (Å²) in [6.45, 7) is 1.49. The summed E-state index contributed by atoms with van der Waals surface area (Å²) >= 11 is 0. The second-order valence-electron chi connectivity index (χ2n) is 5.37. The maximum absolute atomic E-state index is 12.3. The van der Waals surface area contributed by atoms with Crippen LogP contribution in [0.2, 0.25) is 0 Å². The lowest BCUT2D eigenvalue weighted by Crippen LogP contribution is -2.40. The maximum Gasteiger partial charge on any atom is 0.228 e. The third-order valence-corrected chi connectivity index (χ3v) is 3.75. The van der Waals surface area contributed by atoms with Gasteiger partial charge in [-0.3, -0.25) is 9.59 Å². The van der Waals surface area contributed by atoms with Gasteiger partial charge in [0.2, 0.25) is 11.8 Å². The van der Waals surface area contributed by atoms with Gasteiger partial charge in [-0.2, -0.15) is 0 Å². The molecule has 16 heavy (non-hydrogen) atoms. The van der Waals surface area contributed by atoms with Crippen LogP contribution in [0.15, 0.2) is 0 Å². The van der Waals surface area contributed by atoms with E-state index < -0.39 is 0 Å². The second-order valence-corrected chi connectivity index (χ2v) is 5.37. The lowest BCUT2D eigenvalue weighted by atomic mass is 10.1. The van der Waals surface area contributed by atoms with E-state index in [1.165, 1.54) is 12.8 Å². The summed E-state index contributed by atoms with van der Waals surface area (Å²) in [5, 5.41) is 2.75. The van der Waals surface area contributed by atoms with Gasteiger partial charge in [-0.15, -0.1) is 0 Å². The predicted octanol–water partition coefficient (Wildman–Crippen LogP) is 0.523. The minimum absolute atomic E-state index is 0.0283. The van der Waals surface area contributed by atoms with E-state index in [0.29, 0.717) is 19.0 Å². The molecule has 1 unspecified atom stereocenters. The molecule has 88 valence electrons. The van der Waals surface area contributed by atoms with Crippen LogP contribution < -0.4 is 5.32 Å². The summed E-state index contributed by atoms with van der Waals surface area (Å²) in [5.74, 6) is 0.898. The normalized spacial score (nSPS) is 29.0. The smallest absolute Gasteiger partial charge is 0.228 e. The van der Waals surface area contributed by atoms with Crippen molar-refractivity contribution in [2.75, 3.05) is 13.1 Å². The first kappa shape index (κ1) is 10.1. The Labute approximate surface area is 95.4 Å². The van der Waals surface area contributed by atoms with Crippen LogP contribution in [-0.2, 0) is 9.59 Å². The number of amides is 2. The SMILES string of the molecule is O=C1CC(C(=O)N(CC2CC2)C2CC2)CN1. The van der Waals surface area contributed by atoms with Gasteiger partial charge >= 0.3 is 0 Å². The Balaban J connectivity index is 1.62. The predicted molar refractivity (Wildman–Crippen MR) is 58.6 cm³/mol. The third-order valence-electron chi connectivity index (χ3n) is 3.75. The largest absolute Gasteiger partial charge is 0.355 e. The maximum atomic E-state index is 12.3. The first-order valence-corrected chi connectivity index (χ1v) is 6.31. The topological polar surface area (TPSA) is 49.4 Å². The second kappa shape index (κ2) is 3.75. The number of rotatable bonds is 4. The average Bonchev–Trinajstić information content (AvgIpc) is 3.15. The monoisotopic (exact) mass is 222 g/mol. The van der Waals surface area contributed by atoms with Crippen LogP contribution in [0, 0.1) is 11.8 Å². The minimum Gasteiger partial charge on any atom is -0.355 e. The van der Waals surface area contributed by atoms with E-state index in [1.54, 1.807) is 0 Å². The molecule has 0 bridgehead atoms. The van der Waals surface area contributed by atoms with E-state index >= 15 is 0 Å². The summed E-state index contributed by atoms with van der Waals surface area (Å²) in [4.78, 5) is 25.4. The van der Waals surface area contributed by atoms with E-state index in [9.17, 15) is 9.59 Å². The Morgan fingerprint density at radius 3 is 2.56 bits per heavy atom. The molecule has 3 fully saturated rings. The van der Waals surface area contributed by atoms with Crippen LogP contribution in [-0.4, -0.2) is 35.8 Å². The van der Waals surface area contributed by atoms with Crippen LogP contribution in [0.5, 0.6) is 0 Å². The van der Waals surface area contributed by atoms with Crippen LogP contribution in [0.3, 0.4) is 0 Å². The summed E-state index contributed by atoms with van der Waals surface area (Å²) in [5.41, 5.74) is 0. The van der Waals surface area contributed by atoms with Gasteiger partial charge in [0.15, 0.2) is 0 Å². The van der Waals surface area contributed by atoms with Gasteiger partial charge in [-0.25, -0.2) is 0 Å². The van der Waals surface area contributed by atoms with Crippen molar-refractivity contribution in [2.24, 2.45) is 11.8 Å². The molecule has 2 amide bonds. The fraction of sp³-hybridized carbons (Fsp3) is 0.833. The summed E-state index contributed by atoms with van der Waals surface area (Å²) in [7, 11) is 0. The lowest BCUT2D eigenvalue weighted by Gasteiger charge is -2.24. The summed E-state index contributed by atoms with van der Waals surface area (Å²) < 4.78 is 0. The number of nitrogens with zero attached hydrogens (tertiary/aromatic N) is 1. The number of hydrogen-bond acceptors (Lipinski definition) is 2. The van der Waals surface area contributed by atoms with Gasteiger partial charge in [-0.05, 0) is 31.6 Å². The average molecular weight is 222 g/mol. The van der Waals surface area contributed by atoms with Gasteiger partial charge in [0.25, 0.3) is 0 Å². The molecule has 0 radical (unpaired) electrons. The molecule has 1 aliphatic heterocycles. The number of carbonyl (C=O) groups is 2. The molecule has 1 saturated heterocycles. The van der Waals surface area contributed by atoms with Crippen LogP contribution >= 0.6 is 0 Å². The molecule has 0 aromatic carbocycles. The molecule has 3 rings (SSSR count). The zero-order valence-corrected chi connectivity index (χ0v) is 9.45. The van der Waals surface area contributed by atoms with Gasteiger partial charge < -0.3 is 10.2 Å². The summed E-state index contributed by atoms with van der Waals surface area (Å²) in [6, 6.07) is 0.490. The Kier molecular flexibility index (Phi) is 2.37. The molecule has 0 aromatic rings. The van der Waals surface area contributed by atoms with Crippen molar-refractivity contribution in [3.05, 3.63) is 0 Å². The van der Waals surface area contributed by atoms with Crippen molar-refractivity contribution < 1.29 is 9.59 Å². The molecule has 1 N–H and O–H groups in total. The van der Waals surface area contributed by atoms with Gasteiger partial charge in [-0.1, -0.05) is 0 Å². The fourth-order valence-corrected chi connectivity index (χ4v) is 2.40. The highest BCUT2D eigenvalue weighted by Gasteiger charge is 2.40. The fourth-order valence-electron chi connectivity index (χ4n) is 2.40. The molecule has 0 spiro atoms. The Hall–Kier alpha value is -1.06. The van der Waals surface area contributed by atoms with Crippen molar-refractivity contribution in [1.29, 1.82) is 0 Å². The molecule has 1 atom stereocenters. The van der Waals surface area contributed by atoms with Crippen LogP contribution in [0.1, 0.15) is 32.1 Å². The highest BCUT2D eigenvalue weighted by atomic mass is 16.2. The molecule has 4 heteroatoms. The zero-order valence-electron chi connectivity index (χ0n) is 9.45. The third kappa shape index (κ3) is 2.06. The molecule has 1 heterocycles. The van der Waals surface area contributed by atoms with Crippen molar-refractivity contribution in [2.45, 2.75) is 38.1 Å². The zero-order chi connectivity index (χ0) is 11.1. The molecular formula is C12H18N2O2. The quantitative estimate of drug-likeness (QED) is 0.754. The highest BCUT2D eigenvalue weighted by Crippen LogP contribution is 2.36. The molecule has 2 aliphatic carbocycles. The number of hydrogen-bond donors (Lipinski definition) is 1. The van der Waals surface area contributed by atoms with E-state index in [1.807, 2.05) is 0 Å². The number of carbonyl (C=O) groups excluding carboxylic acids is 2.